The summed E-state index contributed by atoms with van der Waals surface area (Å²) in [5.41, 5.74) is 1.01. The van der Waals surface area contributed by atoms with Gasteiger partial charge in [0.25, 0.3) is 5.91 Å². The largest absolute Gasteiger partial charge is 0.493 e. The van der Waals surface area contributed by atoms with E-state index in [4.69, 9.17) is 9.47 Å². The first-order valence-electron chi connectivity index (χ1n) is 8.86. The fraction of sp³-hybridized carbons (Fsp3) is 0.474. The van der Waals surface area contributed by atoms with Gasteiger partial charge in [-0.3, -0.25) is 15.0 Å². The second-order valence-corrected chi connectivity index (χ2v) is 7.45. The van der Waals surface area contributed by atoms with Crippen LogP contribution in [0.4, 0.5) is 5.13 Å². The Labute approximate surface area is 158 Å². The Morgan fingerprint density at radius 1 is 1.31 bits per heavy atom. The van der Waals surface area contributed by atoms with Gasteiger partial charge in [-0.05, 0) is 44.0 Å². The molecule has 6 nitrogen and oxygen atoms in total. The van der Waals surface area contributed by atoms with Gasteiger partial charge in [0, 0.05) is 11.9 Å². The summed E-state index contributed by atoms with van der Waals surface area (Å²) in [6, 6.07) is 7.25. The predicted octanol–water partition coefficient (Wildman–Crippen LogP) is 3.40. The average molecular weight is 375 g/mol. The molecule has 0 bridgehead atoms. The van der Waals surface area contributed by atoms with Crippen molar-refractivity contribution < 1.29 is 14.3 Å². The average Bonchev–Trinajstić information content (AvgIpc) is 3.09. The van der Waals surface area contributed by atoms with E-state index in [1.807, 2.05) is 17.5 Å². The van der Waals surface area contributed by atoms with Crippen LogP contribution in [0.15, 0.2) is 29.6 Å². The van der Waals surface area contributed by atoms with Crippen molar-refractivity contribution in [1.29, 1.82) is 0 Å². The van der Waals surface area contributed by atoms with Crippen molar-refractivity contribution in [2.75, 3.05) is 32.1 Å². The molecule has 1 aliphatic heterocycles. The molecule has 0 aliphatic carbocycles. The van der Waals surface area contributed by atoms with E-state index < -0.39 is 0 Å². The summed E-state index contributed by atoms with van der Waals surface area (Å²) in [6.07, 6.45) is 2.49. The zero-order chi connectivity index (χ0) is 18.4. The second kappa shape index (κ2) is 9.00. The van der Waals surface area contributed by atoms with E-state index in [9.17, 15) is 4.79 Å². The Morgan fingerprint density at radius 2 is 2.04 bits per heavy atom. The maximum absolute atomic E-state index is 12.1. The first-order valence-corrected chi connectivity index (χ1v) is 9.74. The van der Waals surface area contributed by atoms with Crippen LogP contribution >= 0.6 is 11.3 Å². The quantitative estimate of drug-likeness (QED) is 0.804. The van der Waals surface area contributed by atoms with E-state index in [2.05, 4.69) is 22.1 Å². The molecular weight excluding hydrogens is 350 g/mol. The highest BCUT2D eigenvalue weighted by atomic mass is 32.1. The number of nitrogens with one attached hydrogen (secondary N) is 1. The van der Waals surface area contributed by atoms with E-state index in [-0.39, 0.29) is 12.5 Å². The molecule has 1 amide bonds. The molecule has 0 radical (unpaired) electrons. The SMILES string of the molecule is COc1ccccc1OCC(=O)Nc1nc(CN2CCC(C)CC2)cs1. The molecule has 0 unspecified atom stereocenters. The van der Waals surface area contributed by atoms with E-state index in [0.717, 1.165) is 31.2 Å². The first kappa shape index (κ1) is 18.7. The van der Waals surface area contributed by atoms with Crippen molar-refractivity contribution in [3.63, 3.8) is 0 Å². The maximum atomic E-state index is 12.1. The first-order chi connectivity index (χ1) is 12.6. The third-order valence-electron chi connectivity index (χ3n) is 4.49. The van der Waals surface area contributed by atoms with E-state index >= 15 is 0 Å². The lowest BCUT2D eigenvalue weighted by molar-refractivity contribution is -0.118. The summed E-state index contributed by atoms with van der Waals surface area (Å²) < 4.78 is 10.7. The number of thiazole rings is 1. The predicted molar refractivity (Wildman–Crippen MR) is 103 cm³/mol. The number of benzene rings is 1. The second-order valence-electron chi connectivity index (χ2n) is 6.59. The zero-order valence-corrected chi connectivity index (χ0v) is 16.1. The van der Waals surface area contributed by atoms with Crippen LogP contribution in [-0.4, -0.2) is 42.6 Å². The van der Waals surface area contributed by atoms with Crippen LogP contribution in [0.2, 0.25) is 0 Å². The number of rotatable bonds is 7. The van der Waals surface area contributed by atoms with Crippen molar-refractivity contribution in [2.45, 2.75) is 26.3 Å². The van der Waals surface area contributed by atoms with Crippen LogP contribution in [-0.2, 0) is 11.3 Å². The van der Waals surface area contributed by atoms with Crippen molar-refractivity contribution in [1.82, 2.24) is 9.88 Å². The molecular formula is C19H25N3O3S. The van der Waals surface area contributed by atoms with Crippen LogP contribution in [0.25, 0.3) is 0 Å². The molecule has 0 atom stereocenters. The van der Waals surface area contributed by atoms with Gasteiger partial charge in [-0.25, -0.2) is 4.98 Å². The fourth-order valence-electron chi connectivity index (χ4n) is 2.92. The number of hydrogen-bond donors (Lipinski definition) is 1. The summed E-state index contributed by atoms with van der Waals surface area (Å²) in [6.45, 7) is 5.30. The normalized spacial score (nSPS) is 15.6. The number of hydrogen-bond acceptors (Lipinski definition) is 6. The summed E-state index contributed by atoms with van der Waals surface area (Å²) >= 11 is 1.45. The number of amides is 1. The standard InChI is InChI=1S/C19H25N3O3S/c1-14-7-9-22(10-8-14)11-15-13-26-19(20-15)21-18(23)12-25-17-6-4-3-5-16(17)24-2/h3-6,13-14H,7-12H2,1-2H3,(H,20,21,23). The highest BCUT2D eigenvalue weighted by molar-refractivity contribution is 7.13. The molecule has 2 heterocycles. The Morgan fingerprint density at radius 3 is 2.77 bits per heavy atom. The van der Waals surface area contributed by atoms with Gasteiger partial charge in [-0.1, -0.05) is 19.1 Å². The van der Waals surface area contributed by atoms with Crippen LogP contribution in [0.5, 0.6) is 11.5 Å². The van der Waals surface area contributed by atoms with Crippen LogP contribution in [0.1, 0.15) is 25.5 Å². The number of carbonyl (C=O) groups is 1. The van der Waals surface area contributed by atoms with Crippen LogP contribution < -0.4 is 14.8 Å². The van der Waals surface area contributed by atoms with Gasteiger partial charge < -0.3 is 9.47 Å². The Bertz CT molecular complexity index is 726. The molecule has 1 fully saturated rings. The molecule has 1 aromatic heterocycles. The molecule has 140 valence electrons. The van der Waals surface area contributed by atoms with Gasteiger partial charge >= 0.3 is 0 Å². The number of ether oxygens (including phenoxy) is 2. The lowest BCUT2D eigenvalue weighted by Gasteiger charge is -2.29. The molecule has 0 spiro atoms. The Kier molecular flexibility index (Phi) is 6.46. The van der Waals surface area contributed by atoms with Gasteiger partial charge in [0.15, 0.2) is 23.2 Å². The van der Waals surface area contributed by atoms with Crippen molar-refractivity contribution in [3.8, 4) is 11.5 Å². The molecule has 1 aliphatic rings. The van der Waals surface area contributed by atoms with Gasteiger partial charge in [0.2, 0.25) is 0 Å². The number of aromatic nitrogens is 1. The summed E-state index contributed by atoms with van der Waals surface area (Å²) in [5.74, 6) is 1.74. The number of para-hydroxylation sites is 2. The minimum atomic E-state index is -0.233. The lowest BCUT2D eigenvalue weighted by atomic mass is 9.99. The van der Waals surface area contributed by atoms with Crippen LogP contribution in [0, 0.1) is 5.92 Å². The van der Waals surface area contributed by atoms with E-state index in [0.29, 0.717) is 16.6 Å². The third-order valence-corrected chi connectivity index (χ3v) is 5.29. The monoisotopic (exact) mass is 375 g/mol. The molecule has 7 heteroatoms. The minimum Gasteiger partial charge on any atom is -0.493 e. The van der Waals surface area contributed by atoms with Crippen molar-refractivity contribution >= 4 is 22.4 Å². The molecule has 3 rings (SSSR count). The number of methoxy groups -OCH3 is 1. The fourth-order valence-corrected chi connectivity index (χ4v) is 3.64. The number of anilines is 1. The highest BCUT2D eigenvalue weighted by Crippen LogP contribution is 2.26. The number of likely N-dealkylation sites (tertiary alicyclic amines) is 1. The van der Waals surface area contributed by atoms with Gasteiger partial charge in [0.05, 0.1) is 12.8 Å². The minimum absolute atomic E-state index is 0.0840. The Hall–Kier alpha value is -2.12. The van der Waals surface area contributed by atoms with Crippen molar-refractivity contribution in [2.24, 2.45) is 5.92 Å². The molecule has 26 heavy (non-hydrogen) atoms. The van der Waals surface area contributed by atoms with Crippen molar-refractivity contribution in [3.05, 3.63) is 35.3 Å². The topological polar surface area (TPSA) is 63.7 Å². The van der Waals surface area contributed by atoms with Gasteiger partial charge in [-0.15, -0.1) is 11.3 Å². The zero-order valence-electron chi connectivity index (χ0n) is 15.2. The summed E-state index contributed by atoms with van der Waals surface area (Å²) in [5, 5.41) is 5.42. The summed E-state index contributed by atoms with van der Waals surface area (Å²) in [4.78, 5) is 19.0. The number of piperidine rings is 1. The molecule has 0 saturated carbocycles. The smallest absolute Gasteiger partial charge is 0.264 e. The molecule has 1 saturated heterocycles. The number of carbonyl (C=O) groups excluding carboxylic acids is 1. The van der Waals surface area contributed by atoms with Gasteiger partial charge in [0.1, 0.15) is 0 Å². The number of nitrogens with zero attached hydrogens (tertiary/aromatic N) is 2. The molecule has 1 aromatic carbocycles. The highest BCUT2D eigenvalue weighted by Gasteiger charge is 2.17. The maximum Gasteiger partial charge on any atom is 0.264 e. The lowest BCUT2D eigenvalue weighted by Crippen LogP contribution is -2.32. The van der Waals surface area contributed by atoms with E-state index in [1.165, 1.54) is 24.2 Å². The van der Waals surface area contributed by atoms with Gasteiger partial charge in [-0.2, -0.15) is 0 Å². The van der Waals surface area contributed by atoms with E-state index in [1.54, 1.807) is 19.2 Å². The Balaban J connectivity index is 1.47. The van der Waals surface area contributed by atoms with Crippen LogP contribution in [0.3, 0.4) is 0 Å². The molecule has 1 N–H and O–H groups in total. The molecule has 2 aromatic rings. The third kappa shape index (κ3) is 5.19. The summed E-state index contributed by atoms with van der Waals surface area (Å²) in [7, 11) is 1.57.